The van der Waals surface area contributed by atoms with Crippen molar-refractivity contribution in [3.8, 4) is 0 Å². The molecule has 2 aliphatic heterocycles. The molecule has 2 saturated heterocycles. The summed E-state index contributed by atoms with van der Waals surface area (Å²) in [7, 11) is 2.03. The van der Waals surface area contributed by atoms with E-state index in [1.807, 2.05) is 12.1 Å². The van der Waals surface area contributed by atoms with Crippen LogP contribution in [0.15, 0.2) is 0 Å². The molecule has 1 unspecified atom stereocenters. The highest BCUT2D eigenvalue weighted by atomic mass is 16.2. The van der Waals surface area contributed by atoms with Gasteiger partial charge < -0.3 is 5.32 Å². The van der Waals surface area contributed by atoms with Crippen LogP contribution in [0, 0.1) is 0 Å². The quantitative estimate of drug-likeness (QED) is 0.652. The number of carbonyl (C=O) groups excluding carboxylic acids is 1. The van der Waals surface area contributed by atoms with E-state index in [1.54, 1.807) is 0 Å². The summed E-state index contributed by atoms with van der Waals surface area (Å²) in [4.78, 5) is 11.8. The van der Waals surface area contributed by atoms with Crippen molar-refractivity contribution in [2.24, 2.45) is 0 Å². The van der Waals surface area contributed by atoms with E-state index in [4.69, 9.17) is 0 Å². The van der Waals surface area contributed by atoms with Crippen LogP contribution in [0.25, 0.3) is 0 Å². The molecule has 0 spiro atoms. The van der Waals surface area contributed by atoms with Crippen LogP contribution in [0.2, 0.25) is 0 Å². The first-order chi connectivity index (χ1) is 6.70. The summed E-state index contributed by atoms with van der Waals surface area (Å²) in [5.74, 6) is 0.298. The summed E-state index contributed by atoms with van der Waals surface area (Å²) in [6.07, 6.45) is 2.85. The molecule has 0 aromatic heterocycles. The van der Waals surface area contributed by atoms with Crippen molar-refractivity contribution in [1.82, 2.24) is 15.3 Å². The van der Waals surface area contributed by atoms with E-state index in [9.17, 15) is 4.79 Å². The summed E-state index contributed by atoms with van der Waals surface area (Å²) in [5.41, 5.74) is 0. The van der Waals surface area contributed by atoms with Crippen LogP contribution in [-0.4, -0.2) is 48.1 Å². The van der Waals surface area contributed by atoms with E-state index in [1.165, 1.54) is 0 Å². The third-order valence-corrected chi connectivity index (χ3v) is 3.36. The van der Waals surface area contributed by atoms with Crippen LogP contribution in [0.1, 0.15) is 26.2 Å². The van der Waals surface area contributed by atoms with Crippen molar-refractivity contribution < 1.29 is 4.79 Å². The third kappa shape index (κ3) is 1.64. The van der Waals surface area contributed by atoms with Crippen molar-refractivity contribution in [3.05, 3.63) is 0 Å². The molecule has 0 bridgehead atoms. The Bertz CT molecular complexity index is 225. The molecule has 4 nitrogen and oxygen atoms in total. The minimum absolute atomic E-state index is 0.298. The number of piperidine rings is 1. The Balaban J connectivity index is 2.04. The maximum atomic E-state index is 11.8. The summed E-state index contributed by atoms with van der Waals surface area (Å²) in [5, 5.41) is 7.41. The van der Waals surface area contributed by atoms with Crippen molar-refractivity contribution in [2.75, 3.05) is 20.1 Å². The number of hydrogen-bond acceptors (Lipinski definition) is 3. The highest BCUT2D eigenvalue weighted by Crippen LogP contribution is 2.23. The van der Waals surface area contributed by atoms with Crippen LogP contribution < -0.4 is 5.32 Å². The van der Waals surface area contributed by atoms with Crippen LogP contribution in [-0.2, 0) is 4.79 Å². The normalized spacial score (nSPS) is 31.4. The Labute approximate surface area is 85.2 Å². The second-order valence-corrected chi connectivity index (χ2v) is 4.35. The van der Waals surface area contributed by atoms with Gasteiger partial charge in [0.25, 0.3) is 0 Å². The molecule has 0 saturated carbocycles. The fraction of sp³-hybridized carbons (Fsp3) is 0.900. The SMILES string of the molecule is CC1CC(=O)N(C2CCNCC2)N1C. The van der Waals surface area contributed by atoms with E-state index < -0.39 is 0 Å². The molecule has 1 amide bonds. The van der Waals surface area contributed by atoms with Crippen molar-refractivity contribution in [1.29, 1.82) is 0 Å². The Morgan fingerprint density at radius 3 is 2.50 bits per heavy atom. The van der Waals surface area contributed by atoms with Crippen LogP contribution in [0.4, 0.5) is 0 Å². The molecule has 0 aliphatic carbocycles. The Kier molecular flexibility index (Phi) is 2.74. The molecule has 0 radical (unpaired) electrons. The highest BCUT2D eigenvalue weighted by molar-refractivity contribution is 5.78. The van der Waals surface area contributed by atoms with Gasteiger partial charge in [0.1, 0.15) is 0 Å². The lowest BCUT2D eigenvalue weighted by atomic mass is 10.1. The molecule has 2 aliphatic rings. The number of rotatable bonds is 1. The average Bonchev–Trinajstić information content (AvgIpc) is 2.43. The zero-order valence-electron chi connectivity index (χ0n) is 8.99. The Hall–Kier alpha value is -0.610. The van der Waals surface area contributed by atoms with E-state index >= 15 is 0 Å². The van der Waals surface area contributed by atoms with Gasteiger partial charge in [-0.2, -0.15) is 0 Å². The monoisotopic (exact) mass is 197 g/mol. The van der Waals surface area contributed by atoms with Gasteiger partial charge in [-0.05, 0) is 32.9 Å². The van der Waals surface area contributed by atoms with Gasteiger partial charge in [0.05, 0.1) is 6.04 Å². The van der Waals surface area contributed by atoms with Crippen LogP contribution in [0.3, 0.4) is 0 Å². The number of nitrogens with zero attached hydrogens (tertiary/aromatic N) is 2. The standard InChI is InChI=1S/C10H19N3O/c1-8-7-10(14)13(12(8)2)9-3-5-11-6-4-9/h8-9,11H,3-7H2,1-2H3. The molecular weight excluding hydrogens is 178 g/mol. The maximum absolute atomic E-state index is 11.8. The number of nitrogens with one attached hydrogen (secondary N) is 1. The summed E-state index contributed by atoms with van der Waals surface area (Å²) < 4.78 is 0. The minimum Gasteiger partial charge on any atom is -0.317 e. The Morgan fingerprint density at radius 2 is 2.00 bits per heavy atom. The molecule has 14 heavy (non-hydrogen) atoms. The molecule has 2 fully saturated rings. The Morgan fingerprint density at radius 1 is 1.36 bits per heavy atom. The van der Waals surface area contributed by atoms with E-state index in [-0.39, 0.29) is 0 Å². The number of amides is 1. The highest BCUT2D eigenvalue weighted by Gasteiger charge is 2.37. The molecule has 1 N–H and O–H groups in total. The first kappa shape index (κ1) is 9.93. The van der Waals surface area contributed by atoms with Gasteiger partial charge in [0, 0.05) is 19.5 Å². The lowest BCUT2D eigenvalue weighted by Gasteiger charge is -2.36. The first-order valence-corrected chi connectivity index (χ1v) is 5.45. The fourth-order valence-electron chi connectivity index (χ4n) is 2.38. The molecule has 80 valence electrons. The van der Waals surface area contributed by atoms with Gasteiger partial charge in [-0.1, -0.05) is 0 Å². The first-order valence-electron chi connectivity index (χ1n) is 5.45. The van der Waals surface area contributed by atoms with E-state index in [0.717, 1.165) is 25.9 Å². The average molecular weight is 197 g/mol. The summed E-state index contributed by atoms with van der Waals surface area (Å²) in [6, 6.07) is 0.802. The lowest BCUT2D eigenvalue weighted by Crippen LogP contribution is -2.49. The fourth-order valence-corrected chi connectivity index (χ4v) is 2.38. The molecule has 1 atom stereocenters. The van der Waals surface area contributed by atoms with Crippen LogP contribution >= 0.6 is 0 Å². The second-order valence-electron chi connectivity index (χ2n) is 4.35. The van der Waals surface area contributed by atoms with Gasteiger partial charge in [-0.25, -0.2) is 5.01 Å². The van der Waals surface area contributed by atoms with Crippen LogP contribution in [0.5, 0.6) is 0 Å². The summed E-state index contributed by atoms with van der Waals surface area (Å²) in [6.45, 7) is 4.19. The van der Waals surface area contributed by atoms with E-state index in [0.29, 0.717) is 24.4 Å². The topological polar surface area (TPSA) is 35.6 Å². The lowest BCUT2D eigenvalue weighted by molar-refractivity contribution is -0.142. The van der Waals surface area contributed by atoms with E-state index in [2.05, 4.69) is 17.2 Å². The van der Waals surface area contributed by atoms with Gasteiger partial charge in [-0.3, -0.25) is 9.80 Å². The molecule has 2 rings (SSSR count). The third-order valence-electron chi connectivity index (χ3n) is 3.36. The van der Waals surface area contributed by atoms with Gasteiger partial charge in [0.2, 0.25) is 5.91 Å². The number of carbonyl (C=O) groups is 1. The predicted octanol–water partition coefficient (Wildman–Crippen LogP) is 0.206. The summed E-state index contributed by atoms with van der Waals surface area (Å²) >= 11 is 0. The largest absolute Gasteiger partial charge is 0.317 e. The molecule has 0 aromatic carbocycles. The van der Waals surface area contributed by atoms with Gasteiger partial charge in [-0.15, -0.1) is 0 Å². The smallest absolute Gasteiger partial charge is 0.238 e. The number of hydrazine groups is 1. The molecular formula is C10H19N3O. The van der Waals surface area contributed by atoms with Gasteiger partial charge >= 0.3 is 0 Å². The molecule has 0 aromatic rings. The second kappa shape index (κ2) is 3.87. The predicted molar refractivity (Wildman–Crippen MR) is 54.6 cm³/mol. The van der Waals surface area contributed by atoms with Crippen molar-refractivity contribution >= 4 is 5.91 Å². The molecule has 2 heterocycles. The zero-order chi connectivity index (χ0) is 10.1. The number of hydrogen-bond donors (Lipinski definition) is 1. The van der Waals surface area contributed by atoms with Crippen molar-refractivity contribution in [2.45, 2.75) is 38.3 Å². The minimum atomic E-state index is 0.298. The van der Waals surface area contributed by atoms with Gasteiger partial charge in [0.15, 0.2) is 0 Å². The molecule has 4 heteroatoms. The zero-order valence-corrected chi connectivity index (χ0v) is 8.99. The van der Waals surface area contributed by atoms with Crippen molar-refractivity contribution in [3.63, 3.8) is 0 Å². The maximum Gasteiger partial charge on any atom is 0.238 e.